The summed E-state index contributed by atoms with van der Waals surface area (Å²) in [7, 11) is 0. The molecule has 2 aliphatic heterocycles. The minimum Gasteiger partial charge on any atom is -0.324 e. The first-order valence-corrected chi connectivity index (χ1v) is 17.8. The molecule has 54 heavy (non-hydrogen) atoms. The van der Waals surface area contributed by atoms with Crippen LogP contribution >= 0.6 is 0 Å². The topological polar surface area (TPSA) is 109 Å². The van der Waals surface area contributed by atoms with E-state index >= 15 is 0 Å². The zero-order valence-corrected chi connectivity index (χ0v) is 28.7. The van der Waals surface area contributed by atoms with E-state index in [-0.39, 0.29) is 0 Å². The fraction of sp³-hybridized carbons (Fsp3) is 0. The van der Waals surface area contributed by atoms with Crippen molar-refractivity contribution in [1.82, 2.24) is 39.9 Å². The maximum atomic E-state index is 5.02. The Kier molecular flexibility index (Phi) is 6.69. The van der Waals surface area contributed by atoms with E-state index in [1.54, 1.807) is 0 Å². The highest BCUT2D eigenvalue weighted by atomic mass is 15.1. The normalized spacial score (nSPS) is 11.7. The molecule has 252 valence electrons. The van der Waals surface area contributed by atoms with Gasteiger partial charge in [0.25, 0.3) is 0 Å². The summed E-state index contributed by atoms with van der Waals surface area (Å²) >= 11 is 0. The molecule has 8 heteroatoms. The first-order valence-electron chi connectivity index (χ1n) is 17.8. The van der Waals surface area contributed by atoms with E-state index in [0.717, 1.165) is 43.8 Å². The van der Waals surface area contributed by atoms with Crippen molar-refractivity contribution in [1.29, 1.82) is 0 Å². The molecule has 2 N–H and O–H groups in total. The van der Waals surface area contributed by atoms with Crippen LogP contribution < -0.4 is 0 Å². The lowest BCUT2D eigenvalue weighted by Gasteiger charge is -2.00. The van der Waals surface area contributed by atoms with Crippen LogP contribution in [0.25, 0.3) is 111 Å². The van der Waals surface area contributed by atoms with Gasteiger partial charge in [0.1, 0.15) is 22.6 Å². The lowest BCUT2D eigenvalue weighted by atomic mass is 10.0. The first kappa shape index (κ1) is 30.1. The van der Waals surface area contributed by atoms with Crippen LogP contribution in [0.5, 0.6) is 0 Å². The van der Waals surface area contributed by atoms with Crippen molar-refractivity contribution < 1.29 is 0 Å². The van der Waals surface area contributed by atoms with Crippen LogP contribution in [-0.4, -0.2) is 39.9 Å². The van der Waals surface area contributed by atoms with Gasteiger partial charge in [-0.25, -0.2) is 29.9 Å². The molecule has 0 radical (unpaired) electrons. The van der Waals surface area contributed by atoms with Gasteiger partial charge in [0.05, 0.1) is 0 Å². The third kappa shape index (κ3) is 4.92. The number of nitrogens with one attached hydrogen (secondary N) is 2. The molecule has 0 saturated carbocycles. The van der Waals surface area contributed by atoms with E-state index in [1.807, 2.05) is 97.1 Å². The lowest BCUT2D eigenvalue weighted by molar-refractivity contribution is 1.19. The minimum absolute atomic E-state index is 0.597. The summed E-state index contributed by atoms with van der Waals surface area (Å²) in [5, 5.41) is 9.07. The second-order valence-electron chi connectivity index (χ2n) is 13.3. The van der Waals surface area contributed by atoms with Crippen molar-refractivity contribution in [2.75, 3.05) is 0 Å². The number of H-pyrrole nitrogens is 2. The average Bonchev–Trinajstić information content (AvgIpc) is 3.96. The summed E-state index contributed by atoms with van der Waals surface area (Å²) in [5.41, 5.74) is 6.45. The zero-order chi connectivity index (χ0) is 35.6. The van der Waals surface area contributed by atoms with Gasteiger partial charge in [-0.05, 0) is 33.7 Å². The van der Waals surface area contributed by atoms with E-state index in [1.165, 1.54) is 21.5 Å². The van der Waals surface area contributed by atoms with E-state index in [4.69, 9.17) is 29.9 Å². The van der Waals surface area contributed by atoms with Gasteiger partial charge in [0.15, 0.2) is 23.3 Å². The molecule has 0 fully saturated rings. The maximum absolute atomic E-state index is 5.02. The summed E-state index contributed by atoms with van der Waals surface area (Å²) in [6.45, 7) is 0. The average molecular weight is 693 g/mol. The Labute approximate surface area is 308 Å². The zero-order valence-electron chi connectivity index (χ0n) is 28.7. The molecule has 12 rings (SSSR count). The lowest BCUT2D eigenvalue weighted by Crippen LogP contribution is -1.82. The molecular formula is C46H28N8. The van der Waals surface area contributed by atoms with Crippen molar-refractivity contribution >= 4 is 65.7 Å². The molecule has 8 nitrogen and oxygen atoms in total. The van der Waals surface area contributed by atoms with Crippen LogP contribution in [0.1, 0.15) is 0 Å². The molecule has 0 saturated heterocycles. The number of aromatic nitrogens is 8. The van der Waals surface area contributed by atoms with Crippen LogP contribution in [0.15, 0.2) is 158 Å². The molecule has 0 atom stereocenters. The summed E-state index contributed by atoms with van der Waals surface area (Å²) in [6, 6.07) is 53.7. The number of rotatable bonds is 0. The molecule has 5 heterocycles. The maximum Gasteiger partial charge on any atom is 0.164 e. The Morgan fingerprint density at radius 3 is 0.778 bits per heavy atom. The second kappa shape index (κ2) is 12.0. The number of hydrogen-bond donors (Lipinski definition) is 2. The van der Waals surface area contributed by atoms with Gasteiger partial charge in [-0.2, -0.15) is 0 Å². The smallest absolute Gasteiger partial charge is 0.164 e. The Morgan fingerprint density at radius 2 is 0.500 bits per heavy atom. The first-order chi connectivity index (χ1) is 26.7. The van der Waals surface area contributed by atoms with Gasteiger partial charge in [-0.3, -0.25) is 0 Å². The molecule has 0 spiro atoms. The van der Waals surface area contributed by atoms with Crippen LogP contribution in [0, 0.1) is 0 Å². The summed E-state index contributed by atoms with van der Waals surface area (Å²) in [4.78, 5) is 36.8. The molecule has 7 aromatic carbocycles. The molecule has 10 aromatic rings. The Bertz CT molecular complexity index is 2880. The highest BCUT2D eigenvalue weighted by Crippen LogP contribution is 2.36. The fourth-order valence-corrected chi connectivity index (χ4v) is 7.47. The van der Waals surface area contributed by atoms with Crippen molar-refractivity contribution in [3.63, 3.8) is 0 Å². The highest BCUT2D eigenvalue weighted by Gasteiger charge is 2.21. The molecular weight excluding hydrogens is 665 g/mol. The number of benzene rings is 7. The summed E-state index contributed by atoms with van der Waals surface area (Å²) < 4.78 is 0. The number of aromatic amines is 2. The molecule has 8 bridgehead atoms. The third-order valence-corrected chi connectivity index (χ3v) is 10.1. The van der Waals surface area contributed by atoms with Gasteiger partial charge < -0.3 is 9.97 Å². The SMILES string of the molecule is c1ccc2c(c1)-c1nc-2nc2[nH]c(nc3nc(nc4[nH]c(n1)c1ccccc41)-c1ccccc1-3)c1ccccc21.c1ccc2cc3ccccc3cc2c1. The number of fused-ring (bicyclic) bond motifs is 22. The molecule has 0 unspecified atom stereocenters. The Morgan fingerprint density at radius 1 is 0.259 bits per heavy atom. The van der Waals surface area contributed by atoms with E-state index in [9.17, 15) is 0 Å². The van der Waals surface area contributed by atoms with E-state index in [0.29, 0.717) is 45.9 Å². The number of nitrogens with zero attached hydrogens (tertiary/aromatic N) is 6. The molecule has 2 aliphatic rings. The van der Waals surface area contributed by atoms with Gasteiger partial charge >= 0.3 is 0 Å². The summed E-state index contributed by atoms with van der Waals surface area (Å²) in [6.07, 6.45) is 0. The monoisotopic (exact) mass is 692 g/mol. The highest BCUT2D eigenvalue weighted by molar-refractivity contribution is 6.06. The van der Waals surface area contributed by atoms with Crippen molar-refractivity contribution in [3.8, 4) is 45.6 Å². The largest absolute Gasteiger partial charge is 0.324 e. The van der Waals surface area contributed by atoms with Crippen molar-refractivity contribution in [2.45, 2.75) is 0 Å². The number of hydrogen-bond acceptors (Lipinski definition) is 6. The third-order valence-electron chi connectivity index (χ3n) is 10.1. The van der Waals surface area contributed by atoms with Gasteiger partial charge in [-0.15, -0.1) is 0 Å². The minimum atomic E-state index is 0.597. The van der Waals surface area contributed by atoms with Crippen LogP contribution in [-0.2, 0) is 0 Å². The Hall–Kier alpha value is -7.58. The van der Waals surface area contributed by atoms with Crippen LogP contribution in [0.4, 0.5) is 0 Å². The molecule has 3 aromatic heterocycles. The van der Waals surface area contributed by atoms with Crippen molar-refractivity contribution in [2.24, 2.45) is 0 Å². The van der Waals surface area contributed by atoms with E-state index < -0.39 is 0 Å². The Balaban J connectivity index is 0.000000204. The molecule has 0 amide bonds. The predicted octanol–water partition coefficient (Wildman–Crippen LogP) is 10.9. The quantitative estimate of drug-likeness (QED) is 0.153. The van der Waals surface area contributed by atoms with Crippen molar-refractivity contribution in [3.05, 3.63) is 158 Å². The van der Waals surface area contributed by atoms with Crippen LogP contribution in [0.3, 0.4) is 0 Å². The summed E-state index contributed by atoms with van der Waals surface area (Å²) in [5.74, 6) is 2.39. The predicted molar refractivity (Wildman–Crippen MR) is 218 cm³/mol. The van der Waals surface area contributed by atoms with Gasteiger partial charge in [0.2, 0.25) is 0 Å². The van der Waals surface area contributed by atoms with E-state index in [2.05, 4.69) is 70.6 Å². The second-order valence-corrected chi connectivity index (χ2v) is 13.3. The van der Waals surface area contributed by atoms with Gasteiger partial charge in [0, 0.05) is 43.8 Å². The van der Waals surface area contributed by atoms with Gasteiger partial charge in [-0.1, -0.05) is 146 Å². The van der Waals surface area contributed by atoms with Crippen LogP contribution in [0.2, 0.25) is 0 Å². The standard InChI is InChI=1S/C32H18N8.C14H10/c1-2-10-18-17(9-1)25-33-26(18)38-28-21-13-5-6-14-22(21)30(35-28)40-32-24-16-8-7-15-23(24)31(36-32)39-29-20-12-4-3-11-19(20)27(34-29)37-25;1-2-6-12-10-14-8-4-3-7-13(14)9-11(12)5-1/h1-16H,(H2,33,34,35,36,37,38,39,40);1-10H. The fourth-order valence-electron chi connectivity index (χ4n) is 7.47. The molecule has 0 aliphatic carbocycles.